The Morgan fingerprint density at radius 2 is 1.40 bits per heavy atom. The average Bonchev–Trinajstić information content (AvgIpc) is 2.67. The molecule has 0 aromatic heterocycles. The van der Waals surface area contributed by atoms with Gasteiger partial charge in [-0.05, 0) is 46.5 Å². The van der Waals surface area contributed by atoms with Crippen molar-refractivity contribution in [3.05, 3.63) is 89.5 Å². The molecule has 0 amide bonds. The molecule has 0 saturated heterocycles. The Hall–Kier alpha value is -3.40. The summed E-state index contributed by atoms with van der Waals surface area (Å²) in [6.45, 7) is 0.479. The molecule has 0 unspecified atom stereocenters. The molecule has 25 heavy (non-hydrogen) atoms. The van der Waals surface area contributed by atoms with Gasteiger partial charge >= 0.3 is 0 Å². The van der Waals surface area contributed by atoms with Gasteiger partial charge in [-0.15, -0.1) is 0 Å². The maximum Gasteiger partial charge on any atom is 0.122 e. The van der Waals surface area contributed by atoms with E-state index in [1.54, 1.807) is 12.1 Å². The largest absolute Gasteiger partial charge is 0.489 e. The van der Waals surface area contributed by atoms with Crippen LogP contribution in [0.5, 0.6) is 5.75 Å². The molecule has 4 nitrogen and oxygen atoms in total. The van der Waals surface area contributed by atoms with Crippen molar-refractivity contribution >= 4 is 12.1 Å². The third-order valence-corrected chi connectivity index (χ3v) is 3.94. The van der Waals surface area contributed by atoms with E-state index in [1.807, 2.05) is 48.5 Å². The molecule has 4 N–H and O–H groups in total. The summed E-state index contributed by atoms with van der Waals surface area (Å²) >= 11 is 0. The van der Waals surface area contributed by atoms with Crippen LogP contribution in [0, 0.1) is 10.8 Å². The summed E-state index contributed by atoms with van der Waals surface area (Å²) in [5.74, 6) is 0.798. The molecule has 0 fully saturated rings. The molecule has 3 rings (SSSR count). The molecule has 0 atom stereocenters. The Kier molecular flexibility index (Phi) is 4.90. The first-order valence-electron chi connectivity index (χ1n) is 7.93. The van der Waals surface area contributed by atoms with Crippen LogP contribution >= 0.6 is 0 Å². The van der Waals surface area contributed by atoms with Crippen LogP contribution in [0.15, 0.2) is 72.8 Å². The molecule has 0 aliphatic rings. The van der Waals surface area contributed by atoms with Gasteiger partial charge < -0.3 is 15.9 Å². The predicted octanol–water partition coefficient (Wildman–Crippen LogP) is 4.21. The van der Waals surface area contributed by atoms with Gasteiger partial charge in [0.2, 0.25) is 0 Å². The van der Waals surface area contributed by atoms with Crippen LogP contribution in [0.1, 0.15) is 16.7 Å². The lowest BCUT2D eigenvalue weighted by atomic mass is 10.0. The molecule has 0 spiro atoms. The van der Waals surface area contributed by atoms with Crippen molar-refractivity contribution in [2.45, 2.75) is 6.61 Å². The van der Waals surface area contributed by atoms with Crippen LogP contribution in [-0.2, 0) is 6.61 Å². The van der Waals surface area contributed by atoms with E-state index in [4.69, 9.17) is 21.3 Å². The van der Waals surface area contributed by atoms with Crippen LogP contribution in [0.3, 0.4) is 0 Å². The summed E-state index contributed by atoms with van der Waals surface area (Å²) in [5.41, 5.74) is 10.4. The second kappa shape index (κ2) is 7.45. The van der Waals surface area contributed by atoms with Gasteiger partial charge in [0, 0.05) is 11.8 Å². The summed E-state index contributed by atoms with van der Waals surface area (Å²) in [4.78, 5) is 0. The minimum Gasteiger partial charge on any atom is -0.489 e. The van der Waals surface area contributed by atoms with E-state index >= 15 is 0 Å². The Morgan fingerprint density at radius 1 is 0.840 bits per heavy atom. The summed E-state index contributed by atoms with van der Waals surface area (Å²) in [7, 11) is 0. The van der Waals surface area contributed by atoms with Crippen LogP contribution in [0.25, 0.3) is 11.1 Å². The van der Waals surface area contributed by atoms with E-state index in [0.717, 1.165) is 28.0 Å². The minimum atomic E-state index is 0.0517. The molecule has 0 radical (unpaired) electrons. The van der Waals surface area contributed by atoms with Crippen LogP contribution in [0.4, 0.5) is 0 Å². The van der Waals surface area contributed by atoms with Crippen molar-refractivity contribution in [1.29, 1.82) is 10.8 Å². The maximum absolute atomic E-state index is 7.38. The number of hydrogen-bond acceptors (Lipinski definition) is 3. The lowest BCUT2D eigenvalue weighted by Gasteiger charge is -2.08. The van der Waals surface area contributed by atoms with Gasteiger partial charge in [0.1, 0.15) is 18.2 Å². The monoisotopic (exact) mass is 329 g/mol. The first-order chi connectivity index (χ1) is 12.2. The van der Waals surface area contributed by atoms with Crippen LogP contribution in [0.2, 0.25) is 0 Å². The van der Waals surface area contributed by atoms with Crippen LogP contribution in [-0.4, -0.2) is 12.1 Å². The Balaban J connectivity index is 1.63. The highest BCUT2D eigenvalue weighted by Gasteiger charge is 2.01. The quantitative estimate of drug-likeness (QED) is 0.467. The zero-order valence-corrected chi connectivity index (χ0v) is 13.7. The molecule has 0 aliphatic carbocycles. The zero-order chi connectivity index (χ0) is 17.6. The Labute approximate surface area is 146 Å². The van der Waals surface area contributed by atoms with Gasteiger partial charge in [0.25, 0.3) is 0 Å². The molecule has 4 heteroatoms. The fourth-order valence-electron chi connectivity index (χ4n) is 2.46. The number of nitrogens with two attached hydrogens (primary N) is 1. The first kappa shape index (κ1) is 16.5. The van der Waals surface area contributed by atoms with E-state index in [2.05, 4.69) is 12.1 Å². The van der Waals surface area contributed by atoms with Gasteiger partial charge in [0.05, 0.1) is 0 Å². The average molecular weight is 329 g/mol. The SMILES string of the molecule is N=Cc1ccc(-c2ccc(COc3ccc(C(=N)N)cc3)cc2)cc1. The summed E-state index contributed by atoms with van der Waals surface area (Å²) in [5, 5.41) is 14.6. The lowest BCUT2D eigenvalue weighted by Crippen LogP contribution is -2.10. The van der Waals surface area contributed by atoms with Crippen molar-refractivity contribution in [3.63, 3.8) is 0 Å². The number of amidine groups is 1. The molecule has 124 valence electrons. The number of nitrogens with one attached hydrogen (secondary N) is 2. The van der Waals surface area contributed by atoms with Gasteiger partial charge in [-0.25, -0.2) is 0 Å². The smallest absolute Gasteiger partial charge is 0.122 e. The highest BCUT2D eigenvalue weighted by molar-refractivity contribution is 5.94. The molecule has 0 heterocycles. The predicted molar refractivity (Wildman–Crippen MR) is 102 cm³/mol. The minimum absolute atomic E-state index is 0.0517. The molecule has 3 aromatic rings. The van der Waals surface area contributed by atoms with E-state index in [9.17, 15) is 0 Å². The normalized spacial score (nSPS) is 10.2. The topological polar surface area (TPSA) is 83.0 Å². The Morgan fingerprint density at radius 3 is 1.92 bits per heavy atom. The van der Waals surface area contributed by atoms with Gasteiger partial charge in [-0.1, -0.05) is 48.5 Å². The van der Waals surface area contributed by atoms with Crippen molar-refractivity contribution in [3.8, 4) is 16.9 Å². The Bertz CT molecular complexity index is 867. The molecule has 0 saturated carbocycles. The van der Waals surface area contributed by atoms with E-state index < -0.39 is 0 Å². The summed E-state index contributed by atoms with van der Waals surface area (Å²) in [6, 6.07) is 23.3. The number of ether oxygens (including phenoxy) is 1. The van der Waals surface area contributed by atoms with Gasteiger partial charge in [0.15, 0.2) is 0 Å². The van der Waals surface area contributed by atoms with Crippen molar-refractivity contribution in [2.24, 2.45) is 5.73 Å². The van der Waals surface area contributed by atoms with Crippen molar-refractivity contribution in [2.75, 3.05) is 0 Å². The maximum atomic E-state index is 7.38. The fraction of sp³-hybridized carbons (Fsp3) is 0.0476. The molecular formula is C21H19N3O. The van der Waals surface area contributed by atoms with Crippen molar-refractivity contribution < 1.29 is 4.74 Å². The third-order valence-electron chi connectivity index (χ3n) is 3.94. The van der Waals surface area contributed by atoms with E-state index in [1.165, 1.54) is 6.21 Å². The first-order valence-corrected chi connectivity index (χ1v) is 7.93. The highest BCUT2D eigenvalue weighted by Crippen LogP contribution is 2.21. The third kappa shape index (κ3) is 4.12. The van der Waals surface area contributed by atoms with Crippen molar-refractivity contribution in [1.82, 2.24) is 0 Å². The molecule has 3 aromatic carbocycles. The second-order valence-corrected chi connectivity index (χ2v) is 5.69. The lowest BCUT2D eigenvalue weighted by molar-refractivity contribution is 0.306. The van der Waals surface area contributed by atoms with E-state index in [0.29, 0.717) is 12.2 Å². The number of hydrogen-bond donors (Lipinski definition) is 3. The van der Waals surface area contributed by atoms with Gasteiger partial charge in [-0.3, -0.25) is 5.41 Å². The molecule has 0 aliphatic heterocycles. The number of rotatable bonds is 6. The number of benzene rings is 3. The van der Waals surface area contributed by atoms with Crippen LogP contribution < -0.4 is 10.5 Å². The summed E-state index contributed by atoms with van der Waals surface area (Å²) < 4.78 is 5.77. The second-order valence-electron chi connectivity index (χ2n) is 5.69. The standard InChI is InChI=1S/C21H19N3O/c22-13-15-1-5-17(6-2-15)18-7-3-16(4-8-18)14-25-20-11-9-19(10-12-20)21(23)24/h1-13,22H,14H2,(H3,23,24). The summed E-state index contributed by atoms with van der Waals surface area (Å²) in [6.07, 6.45) is 1.34. The molecular weight excluding hydrogens is 310 g/mol. The number of nitrogen functional groups attached to an aromatic ring is 1. The van der Waals surface area contributed by atoms with Gasteiger partial charge in [-0.2, -0.15) is 0 Å². The fourth-order valence-corrected chi connectivity index (χ4v) is 2.46. The highest BCUT2D eigenvalue weighted by atomic mass is 16.5. The van der Waals surface area contributed by atoms with E-state index in [-0.39, 0.29) is 5.84 Å². The zero-order valence-electron chi connectivity index (χ0n) is 13.7. The molecule has 0 bridgehead atoms.